The van der Waals surface area contributed by atoms with Crippen LogP contribution in [0.5, 0.6) is 0 Å². The maximum Gasteiger partial charge on any atom is 0.276 e. The summed E-state index contributed by atoms with van der Waals surface area (Å²) >= 11 is 0. The number of amides is 2. The molecule has 0 bridgehead atoms. The standard InChI is InChI=1S/C24H30N6O3/c1-16-8-10-20(28-21(32)11-9-18-6-4-3-5-7-18)23(33)30(16)22-14-19(17(2)27-15-31)12-13-29(22)24(25)26/h3-8,10,15,19,22H,2,9,11-14H2,1H3,(H3,25,26)(H,27,31)(H,28,32). The molecule has 0 spiro atoms. The third-order valence-corrected chi connectivity index (χ3v) is 6.00. The van der Waals surface area contributed by atoms with Gasteiger partial charge in [-0.05, 0) is 43.9 Å². The molecular formula is C24H30N6O3. The number of nitrogens with zero attached hydrogens (tertiary/aromatic N) is 2. The quantitative estimate of drug-likeness (QED) is 0.278. The van der Waals surface area contributed by atoms with E-state index in [0.29, 0.717) is 43.6 Å². The summed E-state index contributed by atoms with van der Waals surface area (Å²) in [6.07, 6.45) is 1.93. The number of nitrogens with one attached hydrogen (secondary N) is 3. The maximum atomic E-state index is 13.4. The number of likely N-dealkylation sites (tertiary alicyclic amines) is 1. The highest BCUT2D eigenvalue weighted by molar-refractivity contribution is 5.90. The third-order valence-electron chi connectivity index (χ3n) is 6.00. The van der Waals surface area contributed by atoms with Crippen LogP contribution in [-0.4, -0.2) is 34.3 Å². The first-order chi connectivity index (χ1) is 15.8. The van der Waals surface area contributed by atoms with Gasteiger partial charge in [-0.2, -0.15) is 0 Å². The number of pyridine rings is 1. The van der Waals surface area contributed by atoms with Crippen LogP contribution < -0.4 is 21.9 Å². The fourth-order valence-electron chi connectivity index (χ4n) is 4.21. The van der Waals surface area contributed by atoms with E-state index in [4.69, 9.17) is 11.1 Å². The molecule has 174 valence electrons. The molecule has 1 saturated heterocycles. The molecule has 1 aromatic heterocycles. The number of anilines is 1. The lowest BCUT2D eigenvalue weighted by atomic mass is 9.91. The van der Waals surface area contributed by atoms with E-state index in [1.165, 1.54) is 0 Å². The predicted octanol–water partition coefficient (Wildman–Crippen LogP) is 2.09. The molecule has 1 aliphatic heterocycles. The third kappa shape index (κ3) is 5.68. The van der Waals surface area contributed by atoms with Crippen LogP contribution in [0.2, 0.25) is 0 Å². The van der Waals surface area contributed by atoms with E-state index in [2.05, 4.69) is 17.2 Å². The van der Waals surface area contributed by atoms with Crippen LogP contribution in [0.25, 0.3) is 0 Å². The van der Waals surface area contributed by atoms with E-state index >= 15 is 0 Å². The van der Waals surface area contributed by atoms with Gasteiger partial charge in [0.25, 0.3) is 5.56 Å². The number of piperidine rings is 1. The van der Waals surface area contributed by atoms with E-state index in [-0.39, 0.29) is 35.5 Å². The summed E-state index contributed by atoms with van der Waals surface area (Å²) in [4.78, 5) is 38.4. The average molecular weight is 451 g/mol. The SMILES string of the molecule is C=C(NC=O)C1CCN(C(=N)N)C(n2c(C)ccc(NC(=O)CCc3ccccc3)c2=O)C1. The van der Waals surface area contributed by atoms with Crippen molar-refractivity contribution in [1.82, 2.24) is 14.8 Å². The number of benzene rings is 1. The highest BCUT2D eigenvalue weighted by Crippen LogP contribution is 2.33. The van der Waals surface area contributed by atoms with E-state index in [1.54, 1.807) is 28.5 Å². The van der Waals surface area contributed by atoms with Gasteiger partial charge in [0.05, 0.1) is 0 Å². The van der Waals surface area contributed by atoms with Gasteiger partial charge in [0.2, 0.25) is 12.3 Å². The molecule has 3 rings (SSSR count). The van der Waals surface area contributed by atoms with E-state index in [9.17, 15) is 14.4 Å². The van der Waals surface area contributed by atoms with E-state index < -0.39 is 6.17 Å². The molecule has 2 heterocycles. The van der Waals surface area contributed by atoms with Crippen molar-refractivity contribution in [2.24, 2.45) is 11.7 Å². The van der Waals surface area contributed by atoms with Crippen molar-refractivity contribution >= 4 is 24.0 Å². The average Bonchev–Trinajstić information content (AvgIpc) is 2.80. The van der Waals surface area contributed by atoms with Crippen LogP contribution in [0.1, 0.15) is 36.7 Å². The van der Waals surface area contributed by atoms with Gasteiger partial charge in [-0.1, -0.05) is 36.9 Å². The summed E-state index contributed by atoms with van der Waals surface area (Å²) in [6.45, 7) is 6.15. The van der Waals surface area contributed by atoms with Gasteiger partial charge in [-0.3, -0.25) is 24.4 Å². The Morgan fingerprint density at radius 3 is 2.67 bits per heavy atom. The minimum Gasteiger partial charge on any atom is -0.370 e. The van der Waals surface area contributed by atoms with Crippen molar-refractivity contribution in [1.29, 1.82) is 5.41 Å². The second-order valence-corrected chi connectivity index (χ2v) is 8.17. The van der Waals surface area contributed by atoms with Crippen LogP contribution in [0.4, 0.5) is 5.69 Å². The molecule has 0 radical (unpaired) electrons. The number of rotatable bonds is 8. The normalized spacial score (nSPS) is 17.8. The van der Waals surface area contributed by atoms with Gasteiger partial charge >= 0.3 is 0 Å². The number of aryl methyl sites for hydroxylation is 2. The van der Waals surface area contributed by atoms with Crippen molar-refractivity contribution in [2.45, 2.75) is 38.8 Å². The van der Waals surface area contributed by atoms with Gasteiger partial charge in [-0.15, -0.1) is 0 Å². The molecule has 1 fully saturated rings. The molecule has 9 heteroatoms. The Hall–Kier alpha value is -3.88. The Kier molecular flexibility index (Phi) is 7.66. The number of guanidine groups is 1. The Morgan fingerprint density at radius 1 is 1.27 bits per heavy atom. The van der Waals surface area contributed by atoms with Gasteiger partial charge < -0.3 is 21.3 Å². The van der Waals surface area contributed by atoms with Crippen molar-refractivity contribution in [3.63, 3.8) is 0 Å². The number of allylic oxidation sites excluding steroid dienone is 1. The molecule has 1 aromatic carbocycles. The number of hydrogen-bond acceptors (Lipinski definition) is 4. The lowest BCUT2D eigenvalue weighted by Crippen LogP contribution is -2.50. The molecule has 2 atom stereocenters. The van der Waals surface area contributed by atoms with Gasteiger partial charge in [-0.25, -0.2) is 0 Å². The summed E-state index contributed by atoms with van der Waals surface area (Å²) in [5.41, 5.74) is 7.91. The smallest absolute Gasteiger partial charge is 0.276 e. The number of carbonyl (C=O) groups excluding carboxylic acids is 2. The lowest BCUT2D eigenvalue weighted by molar-refractivity contribution is -0.116. The van der Waals surface area contributed by atoms with Crippen LogP contribution in [0.15, 0.2) is 59.5 Å². The van der Waals surface area contributed by atoms with Gasteiger partial charge in [0, 0.05) is 30.3 Å². The Balaban J connectivity index is 1.83. The lowest BCUT2D eigenvalue weighted by Gasteiger charge is -2.41. The molecule has 0 saturated carbocycles. The first-order valence-electron chi connectivity index (χ1n) is 10.9. The number of hydrogen-bond donors (Lipinski definition) is 4. The fraction of sp³-hybridized carbons (Fsp3) is 0.333. The molecule has 9 nitrogen and oxygen atoms in total. The second-order valence-electron chi connectivity index (χ2n) is 8.17. The van der Waals surface area contributed by atoms with Crippen molar-refractivity contribution in [3.8, 4) is 0 Å². The largest absolute Gasteiger partial charge is 0.370 e. The maximum absolute atomic E-state index is 13.4. The summed E-state index contributed by atoms with van der Waals surface area (Å²) < 4.78 is 1.55. The van der Waals surface area contributed by atoms with Crippen molar-refractivity contribution in [3.05, 3.63) is 76.4 Å². The van der Waals surface area contributed by atoms with E-state index in [0.717, 1.165) is 5.56 Å². The number of aromatic nitrogens is 1. The Bertz CT molecular complexity index is 1100. The topological polar surface area (TPSA) is 133 Å². The molecule has 1 aliphatic rings. The first kappa shape index (κ1) is 23.8. The van der Waals surface area contributed by atoms with Crippen LogP contribution >= 0.6 is 0 Å². The zero-order chi connectivity index (χ0) is 24.0. The molecule has 33 heavy (non-hydrogen) atoms. The summed E-state index contributed by atoms with van der Waals surface area (Å²) in [7, 11) is 0. The molecule has 2 amide bonds. The van der Waals surface area contributed by atoms with Crippen LogP contribution in [-0.2, 0) is 16.0 Å². The van der Waals surface area contributed by atoms with Crippen LogP contribution in [0.3, 0.4) is 0 Å². The summed E-state index contributed by atoms with van der Waals surface area (Å²) in [6, 6.07) is 13.0. The number of nitrogens with two attached hydrogens (primary N) is 1. The molecule has 0 aliphatic carbocycles. The first-order valence-corrected chi connectivity index (χ1v) is 10.9. The zero-order valence-electron chi connectivity index (χ0n) is 18.7. The molecule has 2 aromatic rings. The molecular weight excluding hydrogens is 420 g/mol. The van der Waals surface area contributed by atoms with Crippen molar-refractivity contribution in [2.75, 3.05) is 11.9 Å². The van der Waals surface area contributed by atoms with E-state index in [1.807, 2.05) is 30.3 Å². The van der Waals surface area contributed by atoms with Gasteiger partial charge in [0.1, 0.15) is 11.9 Å². The van der Waals surface area contributed by atoms with Gasteiger partial charge in [0.15, 0.2) is 5.96 Å². The predicted molar refractivity (Wildman–Crippen MR) is 128 cm³/mol. The minimum atomic E-state index is -0.542. The monoisotopic (exact) mass is 450 g/mol. The van der Waals surface area contributed by atoms with Crippen molar-refractivity contribution < 1.29 is 9.59 Å². The Morgan fingerprint density at radius 2 is 2.00 bits per heavy atom. The molecule has 5 N–H and O–H groups in total. The summed E-state index contributed by atoms with van der Waals surface area (Å²) in [5.74, 6) is -0.470. The highest BCUT2D eigenvalue weighted by atomic mass is 16.2. The Labute approximate surface area is 192 Å². The highest BCUT2D eigenvalue weighted by Gasteiger charge is 2.33. The molecule has 2 unspecified atom stereocenters. The second kappa shape index (κ2) is 10.6. The van der Waals surface area contributed by atoms with Crippen LogP contribution in [0, 0.1) is 18.3 Å². The number of carbonyl (C=O) groups is 2. The minimum absolute atomic E-state index is 0.0776. The zero-order valence-corrected chi connectivity index (χ0v) is 18.7. The summed E-state index contributed by atoms with van der Waals surface area (Å²) in [5, 5.41) is 13.3. The fourth-order valence-corrected chi connectivity index (χ4v) is 4.21.